The Bertz CT molecular complexity index is 344. The molecule has 1 aromatic rings. The highest BCUT2D eigenvalue weighted by Crippen LogP contribution is 2.25. The fourth-order valence-corrected chi connectivity index (χ4v) is 1.96. The number of pyridine rings is 1. The van der Waals surface area contributed by atoms with Crippen molar-refractivity contribution in [1.29, 1.82) is 0 Å². The van der Waals surface area contributed by atoms with E-state index >= 15 is 0 Å². The first kappa shape index (κ1) is 13.3. The van der Waals surface area contributed by atoms with E-state index in [1.807, 2.05) is 7.05 Å². The van der Waals surface area contributed by atoms with Crippen molar-refractivity contribution in [1.82, 2.24) is 4.98 Å². The van der Waals surface area contributed by atoms with Crippen molar-refractivity contribution in [2.24, 2.45) is 0 Å². The Morgan fingerprint density at radius 1 is 1.56 bits per heavy atom. The predicted molar refractivity (Wildman–Crippen MR) is 67.9 cm³/mol. The van der Waals surface area contributed by atoms with Gasteiger partial charge in [-0.05, 0) is 25.0 Å². The second-order valence-corrected chi connectivity index (χ2v) is 4.46. The van der Waals surface area contributed by atoms with Gasteiger partial charge in [0.05, 0.1) is 11.6 Å². The van der Waals surface area contributed by atoms with Crippen LogP contribution in [0.25, 0.3) is 0 Å². The number of aromatic nitrogens is 1. The molecule has 16 heavy (non-hydrogen) atoms. The summed E-state index contributed by atoms with van der Waals surface area (Å²) in [5.74, 6) is 0.778. The smallest absolute Gasteiger partial charge is 0.147 e. The third-order valence-electron chi connectivity index (χ3n) is 2.76. The van der Waals surface area contributed by atoms with Crippen LogP contribution in [-0.4, -0.2) is 23.2 Å². The van der Waals surface area contributed by atoms with Gasteiger partial charge in [0.1, 0.15) is 5.82 Å². The van der Waals surface area contributed by atoms with Crippen molar-refractivity contribution in [3.8, 4) is 0 Å². The van der Waals surface area contributed by atoms with Crippen LogP contribution in [0.3, 0.4) is 0 Å². The van der Waals surface area contributed by atoms with E-state index in [1.54, 1.807) is 12.3 Å². The summed E-state index contributed by atoms with van der Waals surface area (Å²) in [7, 11) is 1.99. The summed E-state index contributed by atoms with van der Waals surface area (Å²) in [6.45, 7) is 4.29. The van der Waals surface area contributed by atoms with Gasteiger partial charge in [-0.1, -0.05) is 24.9 Å². The van der Waals surface area contributed by atoms with Gasteiger partial charge in [0.25, 0.3) is 0 Å². The van der Waals surface area contributed by atoms with Crippen LogP contribution in [0, 0.1) is 0 Å². The molecule has 0 saturated heterocycles. The van der Waals surface area contributed by atoms with Crippen molar-refractivity contribution in [2.45, 2.75) is 39.3 Å². The summed E-state index contributed by atoms with van der Waals surface area (Å²) in [6, 6.07) is 2.17. The lowest BCUT2D eigenvalue weighted by molar-refractivity contribution is 0.281. The zero-order chi connectivity index (χ0) is 12.1. The van der Waals surface area contributed by atoms with Crippen LogP contribution in [0.5, 0.6) is 0 Å². The molecule has 1 unspecified atom stereocenters. The molecular formula is C12H19ClN2O. The highest BCUT2D eigenvalue weighted by Gasteiger charge is 2.13. The minimum atomic E-state index is -0.0266. The first-order valence-electron chi connectivity index (χ1n) is 5.58. The molecule has 1 aromatic heterocycles. The third-order valence-corrected chi connectivity index (χ3v) is 3.04. The maximum atomic E-state index is 8.97. The maximum absolute atomic E-state index is 8.97. The monoisotopic (exact) mass is 242 g/mol. The summed E-state index contributed by atoms with van der Waals surface area (Å²) >= 11 is 6.13. The molecule has 0 saturated carbocycles. The number of hydrogen-bond acceptors (Lipinski definition) is 3. The molecule has 0 fully saturated rings. The van der Waals surface area contributed by atoms with E-state index in [9.17, 15) is 0 Å². The Hall–Kier alpha value is -0.800. The highest BCUT2D eigenvalue weighted by atomic mass is 35.5. The molecular weight excluding hydrogens is 224 g/mol. The molecule has 1 rings (SSSR count). The summed E-state index contributed by atoms with van der Waals surface area (Å²) in [6.07, 6.45) is 3.91. The van der Waals surface area contributed by atoms with Crippen LogP contribution in [0.1, 0.15) is 32.3 Å². The van der Waals surface area contributed by atoms with E-state index in [2.05, 4.69) is 23.7 Å². The minimum Gasteiger partial charge on any atom is -0.392 e. The fraction of sp³-hybridized carbons (Fsp3) is 0.583. The number of aliphatic hydroxyl groups excluding tert-OH is 1. The molecule has 3 nitrogen and oxygen atoms in total. The third kappa shape index (κ3) is 3.09. The normalized spacial score (nSPS) is 12.6. The van der Waals surface area contributed by atoms with Gasteiger partial charge in [0.2, 0.25) is 0 Å². The van der Waals surface area contributed by atoms with Crippen LogP contribution in [-0.2, 0) is 6.61 Å². The quantitative estimate of drug-likeness (QED) is 0.863. The summed E-state index contributed by atoms with van der Waals surface area (Å²) in [5.41, 5.74) is 0.741. The molecule has 0 aliphatic heterocycles. The van der Waals surface area contributed by atoms with Gasteiger partial charge >= 0.3 is 0 Å². The Labute approximate surface area is 102 Å². The fourth-order valence-electron chi connectivity index (χ4n) is 1.64. The Morgan fingerprint density at radius 3 is 2.75 bits per heavy atom. The van der Waals surface area contributed by atoms with Gasteiger partial charge < -0.3 is 10.0 Å². The van der Waals surface area contributed by atoms with Crippen LogP contribution >= 0.6 is 11.6 Å². The van der Waals surface area contributed by atoms with Gasteiger partial charge in [0, 0.05) is 19.3 Å². The zero-order valence-electron chi connectivity index (χ0n) is 10.1. The molecule has 0 aliphatic carbocycles. The van der Waals surface area contributed by atoms with Gasteiger partial charge in [-0.15, -0.1) is 0 Å². The van der Waals surface area contributed by atoms with Crippen molar-refractivity contribution >= 4 is 17.4 Å². The number of nitrogens with zero attached hydrogens (tertiary/aromatic N) is 2. The van der Waals surface area contributed by atoms with Crippen molar-refractivity contribution in [3.05, 3.63) is 22.8 Å². The molecule has 90 valence electrons. The lowest BCUT2D eigenvalue weighted by Crippen LogP contribution is -2.29. The number of aliphatic hydroxyl groups is 1. The number of anilines is 1. The van der Waals surface area contributed by atoms with Crippen LogP contribution in [0.2, 0.25) is 5.02 Å². The van der Waals surface area contributed by atoms with Gasteiger partial charge in [0.15, 0.2) is 0 Å². The van der Waals surface area contributed by atoms with Crippen LogP contribution < -0.4 is 4.90 Å². The molecule has 0 bridgehead atoms. The number of halogens is 1. The summed E-state index contributed by atoms with van der Waals surface area (Å²) in [4.78, 5) is 6.36. The zero-order valence-corrected chi connectivity index (χ0v) is 10.8. The highest BCUT2D eigenvalue weighted by molar-refractivity contribution is 6.33. The van der Waals surface area contributed by atoms with E-state index in [-0.39, 0.29) is 6.61 Å². The summed E-state index contributed by atoms with van der Waals surface area (Å²) in [5, 5.41) is 9.57. The Kier molecular flexibility index (Phi) is 5.03. The molecule has 1 heterocycles. The molecule has 0 aliphatic rings. The molecule has 0 amide bonds. The Morgan fingerprint density at radius 2 is 2.25 bits per heavy atom. The standard InChI is InChI=1S/C12H19ClN2O/c1-4-5-9(2)15(3)12-11(13)6-10(8-16)7-14-12/h6-7,9,16H,4-5,8H2,1-3H3. The largest absolute Gasteiger partial charge is 0.392 e. The van der Waals surface area contributed by atoms with Crippen molar-refractivity contribution in [2.75, 3.05) is 11.9 Å². The first-order chi connectivity index (χ1) is 7.60. The van der Waals surface area contributed by atoms with Gasteiger partial charge in [-0.2, -0.15) is 0 Å². The van der Waals surface area contributed by atoms with E-state index in [1.165, 1.54) is 0 Å². The van der Waals surface area contributed by atoms with E-state index < -0.39 is 0 Å². The number of rotatable bonds is 5. The lowest BCUT2D eigenvalue weighted by atomic mass is 10.1. The first-order valence-corrected chi connectivity index (χ1v) is 5.96. The summed E-state index contributed by atoms with van der Waals surface area (Å²) < 4.78 is 0. The van der Waals surface area contributed by atoms with Crippen molar-refractivity contribution in [3.63, 3.8) is 0 Å². The predicted octanol–water partition coefficient (Wildman–Crippen LogP) is 2.85. The number of hydrogen-bond donors (Lipinski definition) is 1. The SMILES string of the molecule is CCCC(C)N(C)c1ncc(CO)cc1Cl. The lowest BCUT2D eigenvalue weighted by Gasteiger charge is -2.26. The van der Waals surface area contributed by atoms with E-state index in [4.69, 9.17) is 16.7 Å². The van der Waals surface area contributed by atoms with Crippen LogP contribution in [0.4, 0.5) is 5.82 Å². The van der Waals surface area contributed by atoms with E-state index in [0.717, 1.165) is 24.2 Å². The molecule has 1 atom stereocenters. The van der Waals surface area contributed by atoms with Crippen LogP contribution in [0.15, 0.2) is 12.3 Å². The van der Waals surface area contributed by atoms with Crippen molar-refractivity contribution < 1.29 is 5.11 Å². The molecule has 1 N–H and O–H groups in total. The van der Waals surface area contributed by atoms with Gasteiger partial charge in [-0.3, -0.25) is 0 Å². The molecule has 0 aromatic carbocycles. The Balaban J connectivity index is 2.87. The second kappa shape index (κ2) is 6.06. The topological polar surface area (TPSA) is 36.4 Å². The molecule has 0 spiro atoms. The van der Waals surface area contributed by atoms with Gasteiger partial charge in [-0.25, -0.2) is 4.98 Å². The second-order valence-electron chi connectivity index (χ2n) is 4.06. The average molecular weight is 243 g/mol. The van der Waals surface area contributed by atoms with E-state index in [0.29, 0.717) is 11.1 Å². The molecule has 4 heteroatoms. The minimum absolute atomic E-state index is 0.0266. The molecule has 0 radical (unpaired) electrons. The average Bonchev–Trinajstić information content (AvgIpc) is 2.28. The maximum Gasteiger partial charge on any atom is 0.147 e.